The van der Waals surface area contributed by atoms with E-state index in [4.69, 9.17) is 17.3 Å². The van der Waals surface area contributed by atoms with E-state index in [0.717, 1.165) is 5.69 Å². The molecule has 1 amide bonds. The van der Waals surface area contributed by atoms with Gasteiger partial charge in [-0.15, -0.1) is 11.6 Å². The first-order chi connectivity index (χ1) is 11.6. The maximum Gasteiger partial charge on any atom is 0.248 e. The van der Waals surface area contributed by atoms with Crippen molar-refractivity contribution < 1.29 is 4.79 Å². The summed E-state index contributed by atoms with van der Waals surface area (Å²) >= 11 is 6.85. The molecular formula is C17H16ClN5O. The Hall–Kier alpha value is -2.73. The van der Waals surface area contributed by atoms with E-state index in [1.807, 2.05) is 18.2 Å². The van der Waals surface area contributed by atoms with Gasteiger partial charge in [-0.3, -0.25) is 9.78 Å². The lowest BCUT2D eigenvalue weighted by Gasteiger charge is -2.33. The van der Waals surface area contributed by atoms with Gasteiger partial charge in [0.1, 0.15) is 0 Å². The highest BCUT2D eigenvalue weighted by Crippen LogP contribution is 2.39. The summed E-state index contributed by atoms with van der Waals surface area (Å²) in [6.07, 6.45) is 10.1. The number of allylic oxidation sites excluding steroid dienone is 1. The molecule has 122 valence electrons. The van der Waals surface area contributed by atoms with Crippen LogP contribution in [0, 0.1) is 0 Å². The third-order valence-electron chi connectivity index (χ3n) is 3.78. The molecule has 2 aromatic heterocycles. The minimum atomic E-state index is -0.827. The summed E-state index contributed by atoms with van der Waals surface area (Å²) in [6.45, 7) is 0.360. The predicted octanol–water partition coefficient (Wildman–Crippen LogP) is 2.03. The van der Waals surface area contributed by atoms with Crippen molar-refractivity contribution in [2.45, 2.75) is 10.8 Å². The van der Waals surface area contributed by atoms with Gasteiger partial charge in [0.05, 0.1) is 4.87 Å². The fraction of sp³-hybridized carbons (Fsp3) is 0.176. The van der Waals surface area contributed by atoms with Crippen LogP contribution in [0.1, 0.15) is 11.6 Å². The summed E-state index contributed by atoms with van der Waals surface area (Å²) in [5.41, 5.74) is 6.57. The van der Waals surface area contributed by atoms with Crippen molar-refractivity contribution >= 4 is 23.5 Å². The van der Waals surface area contributed by atoms with Gasteiger partial charge < -0.3 is 11.1 Å². The number of nitrogens with two attached hydrogens (primary N) is 1. The van der Waals surface area contributed by atoms with Gasteiger partial charge in [0.2, 0.25) is 11.9 Å². The smallest absolute Gasteiger partial charge is 0.248 e. The molecule has 0 aromatic carbocycles. The fourth-order valence-corrected chi connectivity index (χ4v) is 2.84. The lowest BCUT2D eigenvalue weighted by atomic mass is 9.82. The lowest BCUT2D eigenvalue weighted by molar-refractivity contribution is -0.114. The third-order valence-corrected chi connectivity index (χ3v) is 4.27. The van der Waals surface area contributed by atoms with E-state index in [-0.39, 0.29) is 5.92 Å². The second-order valence-corrected chi connectivity index (χ2v) is 6.11. The second kappa shape index (κ2) is 6.80. The van der Waals surface area contributed by atoms with E-state index in [1.165, 1.54) is 0 Å². The quantitative estimate of drug-likeness (QED) is 0.811. The van der Waals surface area contributed by atoms with Crippen LogP contribution in [0.15, 0.2) is 66.7 Å². The molecule has 6 nitrogen and oxygen atoms in total. The highest BCUT2D eigenvalue weighted by molar-refractivity contribution is 6.26. The van der Waals surface area contributed by atoms with Crippen molar-refractivity contribution in [3.8, 4) is 0 Å². The van der Waals surface area contributed by atoms with Crippen LogP contribution in [0.3, 0.4) is 0 Å². The van der Waals surface area contributed by atoms with Crippen molar-refractivity contribution in [3.63, 3.8) is 0 Å². The highest BCUT2D eigenvalue weighted by Gasteiger charge is 2.38. The SMILES string of the molecule is NC(=O)C1=CC(c2ccccn2)C(Cl)(CNc2ncccn2)C=C1. The van der Waals surface area contributed by atoms with Crippen molar-refractivity contribution in [3.05, 3.63) is 72.4 Å². The van der Waals surface area contributed by atoms with Gasteiger partial charge in [0, 0.05) is 42.3 Å². The van der Waals surface area contributed by atoms with Gasteiger partial charge >= 0.3 is 0 Å². The van der Waals surface area contributed by atoms with Gasteiger partial charge in [-0.2, -0.15) is 0 Å². The van der Waals surface area contributed by atoms with E-state index in [9.17, 15) is 4.79 Å². The monoisotopic (exact) mass is 341 g/mol. The Labute approximate surface area is 144 Å². The fourth-order valence-electron chi connectivity index (χ4n) is 2.53. The molecule has 0 saturated carbocycles. The number of nitrogens with zero attached hydrogens (tertiary/aromatic N) is 3. The lowest BCUT2D eigenvalue weighted by Crippen LogP contribution is -2.38. The summed E-state index contributed by atoms with van der Waals surface area (Å²) in [6, 6.07) is 7.31. The summed E-state index contributed by atoms with van der Waals surface area (Å²) < 4.78 is 0. The average molecular weight is 342 g/mol. The van der Waals surface area contributed by atoms with Gasteiger partial charge in [-0.1, -0.05) is 24.3 Å². The number of carbonyl (C=O) groups excluding carboxylic acids is 1. The first-order valence-corrected chi connectivity index (χ1v) is 7.78. The van der Waals surface area contributed by atoms with E-state index < -0.39 is 10.8 Å². The van der Waals surface area contributed by atoms with Crippen LogP contribution < -0.4 is 11.1 Å². The molecular weight excluding hydrogens is 326 g/mol. The van der Waals surface area contributed by atoms with Gasteiger partial charge in [0.15, 0.2) is 0 Å². The Morgan fingerprint density at radius 2 is 1.96 bits per heavy atom. The van der Waals surface area contributed by atoms with Crippen LogP contribution in [-0.4, -0.2) is 32.3 Å². The predicted molar refractivity (Wildman–Crippen MR) is 92.5 cm³/mol. The van der Waals surface area contributed by atoms with Crippen LogP contribution in [-0.2, 0) is 4.79 Å². The largest absolute Gasteiger partial charge is 0.366 e. The molecule has 0 bridgehead atoms. The van der Waals surface area contributed by atoms with E-state index in [2.05, 4.69) is 20.3 Å². The van der Waals surface area contributed by atoms with Crippen LogP contribution in [0.25, 0.3) is 0 Å². The molecule has 7 heteroatoms. The zero-order valence-corrected chi connectivity index (χ0v) is 13.5. The number of alkyl halides is 1. The number of nitrogens with one attached hydrogen (secondary N) is 1. The van der Waals surface area contributed by atoms with Gasteiger partial charge in [-0.25, -0.2) is 9.97 Å². The Bertz CT molecular complexity index is 778. The summed E-state index contributed by atoms with van der Waals surface area (Å²) in [4.78, 5) is 23.3. The zero-order valence-electron chi connectivity index (χ0n) is 12.8. The highest BCUT2D eigenvalue weighted by atomic mass is 35.5. The van der Waals surface area contributed by atoms with E-state index in [0.29, 0.717) is 18.1 Å². The normalized spacial score (nSPS) is 22.7. The maximum absolute atomic E-state index is 11.5. The Balaban J connectivity index is 1.89. The number of rotatable bonds is 5. The number of hydrogen-bond donors (Lipinski definition) is 2. The molecule has 0 radical (unpaired) electrons. The minimum absolute atomic E-state index is 0.316. The molecule has 1 aliphatic rings. The van der Waals surface area contributed by atoms with E-state index >= 15 is 0 Å². The van der Waals surface area contributed by atoms with Crippen molar-refractivity contribution in [1.82, 2.24) is 15.0 Å². The van der Waals surface area contributed by atoms with Gasteiger partial charge in [-0.05, 0) is 18.2 Å². The second-order valence-electron chi connectivity index (χ2n) is 5.40. The Morgan fingerprint density at radius 3 is 2.62 bits per heavy atom. The summed E-state index contributed by atoms with van der Waals surface area (Å²) in [5, 5.41) is 3.12. The number of hydrogen-bond acceptors (Lipinski definition) is 5. The number of pyridine rings is 1. The zero-order chi connectivity index (χ0) is 17.0. The molecule has 0 saturated heterocycles. The number of anilines is 1. The standard InChI is InChI=1S/C17H16ClN5O/c18-17(11-23-16-21-8-3-9-22-16)6-5-12(15(19)24)10-13(17)14-4-1-2-7-20-14/h1-10,13H,11H2,(H2,19,24)(H,21,22,23). The molecule has 0 spiro atoms. The molecule has 2 heterocycles. The maximum atomic E-state index is 11.5. The van der Waals surface area contributed by atoms with Crippen LogP contribution in [0.4, 0.5) is 5.95 Å². The van der Waals surface area contributed by atoms with Crippen LogP contribution >= 0.6 is 11.6 Å². The van der Waals surface area contributed by atoms with Crippen LogP contribution in [0.2, 0.25) is 0 Å². The first kappa shape index (κ1) is 16.1. The number of halogens is 1. The molecule has 3 N–H and O–H groups in total. The topological polar surface area (TPSA) is 93.8 Å². The average Bonchev–Trinajstić information content (AvgIpc) is 2.62. The Kier molecular flexibility index (Phi) is 4.57. The number of carbonyl (C=O) groups is 1. The van der Waals surface area contributed by atoms with Crippen molar-refractivity contribution in [1.29, 1.82) is 0 Å². The molecule has 1 aliphatic carbocycles. The molecule has 3 rings (SSSR count). The molecule has 2 aromatic rings. The molecule has 2 atom stereocenters. The molecule has 0 aliphatic heterocycles. The van der Waals surface area contributed by atoms with Crippen LogP contribution in [0.5, 0.6) is 0 Å². The van der Waals surface area contributed by atoms with Crippen molar-refractivity contribution in [2.75, 3.05) is 11.9 Å². The van der Waals surface area contributed by atoms with Crippen molar-refractivity contribution in [2.24, 2.45) is 5.73 Å². The third kappa shape index (κ3) is 3.44. The number of aromatic nitrogens is 3. The summed E-state index contributed by atoms with van der Waals surface area (Å²) in [7, 11) is 0. The summed E-state index contributed by atoms with van der Waals surface area (Å²) in [5.74, 6) is -0.329. The molecule has 0 fully saturated rings. The Morgan fingerprint density at radius 1 is 1.21 bits per heavy atom. The van der Waals surface area contributed by atoms with E-state index in [1.54, 1.807) is 42.9 Å². The number of primary amides is 1. The molecule has 2 unspecified atom stereocenters. The molecule has 24 heavy (non-hydrogen) atoms. The minimum Gasteiger partial charge on any atom is -0.366 e. The number of amides is 1. The van der Waals surface area contributed by atoms with Gasteiger partial charge in [0.25, 0.3) is 0 Å². The first-order valence-electron chi connectivity index (χ1n) is 7.40.